The topological polar surface area (TPSA) is 35.5 Å². The van der Waals surface area contributed by atoms with Gasteiger partial charge in [0.25, 0.3) is 0 Å². The van der Waals surface area contributed by atoms with Crippen molar-refractivity contribution in [3.8, 4) is 0 Å². The van der Waals surface area contributed by atoms with Crippen LogP contribution in [-0.2, 0) is 9.47 Å². The molecule has 3 nitrogen and oxygen atoms in total. The van der Waals surface area contributed by atoms with Gasteiger partial charge in [0.2, 0.25) is 0 Å². The number of hydrogen-bond acceptors (Lipinski definition) is 3. The maximum Gasteiger partial charge on any atom is 0.338 e. The van der Waals surface area contributed by atoms with Crippen molar-refractivity contribution >= 4 is 5.97 Å². The molecule has 0 heterocycles. The van der Waals surface area contributed by atoms with Crippen LogP contribution in [0.1, 0.15) is 47.7 Å². The van der Waals surface area contributed by atoms with E-state index in [1.54, 1.807) is 7.11 Å². The van der Waals surface area contributed by atoms with Crippen molar-refractivity contribution in [1.29, 1.82) is 0 Å². The summed E-state index contributed by atoms with van der Waals surface area (Å²) < 4.78 is 10.6. The normalized spacial score (nSPS) is 12.2. The Morgan fingerprint density at radius 3 is 2.37 bits per heavy atom. The molecule has 0 amide bonds. The number of carbonyl (C=O) groups is 1. The van der Waals surface area contributed by atoms with Gasteiger partial charge in [-0.3, -0.25) is 0 Å². The second-order valence-electron chi connectivity index (χ2n) is 5.00. The number of methoxy groups -OCH3 is 1. The third-order valence-electron chi connectivity index (χ3n) is 2.96. The lowest BCUT2D eigenvalue weighted by atomic mass is 10.1. The first-order chi connectivity index (χ1) is 9.06. The first-order valence-electron chi connectivity index (χ1n) is 6.85. The summed E-state index contributed by atoms with van der Waals surface area (Å²) >= 11 is 0. The molecule has 1 rings (SSSR count). The fraction of sp³-hybridized carbons (Fsp3) is 0.562. The van der Waals surface area contributed by atoms with Gasteiger partial charge in [-0.1, -0.05) is 30.5 Å². The van der Waals surface area contributed by atoms with Gasteiger partial charge in [-0.2, -0.15) is 0 Å². The van der Waals surface area contributed by atoms with Crippen LogP contribution in [0.25, 0.3) is 0 Å². The molecule has 0 radical (unpaired) electrons. The van der Waals surface area contributed by atoms with E-state index >= 15 is 0 Å². The zero-order valence-electron chi connectivity index (χ0n) is 12.4. The molecule has 0 fully saturated rings. The maximum atomic E-state index is 12.1. The fourth-order valence-corrected chi connectivity index (χ4v) is 2.11. The molecular weight excluding hydrogens is 240 g/mol. The molecule has 0 aromatic heterocycles. The molecule has 1 unspecified atom stereocenters. The summed E-state index contributed by atoms with van der Waals surface area (Å²) in [6.07, 6.45) is 2.81. The minimum absolute atomic E-state index is 0.154. The van der Waals surface area contributed by atoms with Gasteiger partial charge in [0.05, 0.1) is 12.2 Å². The zero-order valence-corrected chi connectivity index (χ0v) is 12.4. The van der Waals surface area contributed by atoms with E-state index in [4.69, 9.17) is 9.47 Å². The number of ether oxygens (including phenoxy) is 2. The summed E-state index contributed by atoms with van der Waals surface area (Å²) in [5.41, 5.74) is 2.77. The van der Waals surface area contributed by atoms with Crippen molar-refractivity contribution in [2.45, 2.75) is 46.1 Å². The SMILES string of the molecule is CCCCC(COC)OC(=O)c1cc(C)cc(C)c1. The second-order valence-corrected chi connectivity index (χ2v) is 5.00. The van der Waals surface area contributed by atoms with Gasteiger partial charge in [-0.25, -0.2) is 4.79 Å². The summed E-state index contributed by atoms with van der Waals surface area (Å²) in [7, 11) is 1.63. The average Bonchev–Trinajstić information content (AvgIpc) is 2.35. The van der Waals surface area contributed by atoms with Crippen LogP contribution >= 0.6 is 0 Å². The van der Waals surface area contributed by atoms with Gasteiger partial charge in [-0.05, 0) is 38.8 Å². The third kappa shape index (κ3) is 5.43. The number of unbranched alkanes of at least 4 members (excludes halogenated alkanes) is 1. The molecular formula is C16H24O3. The summed E-state index contributed by atoms with van der Waals surface area (Å²) in [4.78, 5) is 12.1. The zero-order chi connectivity index (χ0) is 14.3. The van der Waals surface area contributed by atoms with Crippen molar-refractivity contribution in [2.75, 3.05) is 13.7 Å². The highest BCUT2D eigenvalue weighted by Crippen LogP contribution is 2.13. The molecule has 0 bridgehead atoms. The molecule has 0 aliphatic carbocycles. The lowest BCUT2D eigenvalue weighted by Crippen LogP contribution is -2.23. The molecule has 1 atom stereocenters. The van der Waals surface area contributed by atoms with E-state index in [0.717, 1.165) is 30.4 Å². The molecule has 1 aromatic carbocycles. The van der Waals surface area contributed by atoms with Crippen LogP contribution in [0.3, 0.4) is 0 Å². The standard InChI is InChI=1S/C16H24O3/c1-5-6-7-15(11-18-4)19-16(17)14-9-12(2)8-13(3)10-14/h8-10,15H,5-7,11H2,1-4H3. The summed E-state index contributed by atoms with van der Waals surface area (Å²) in [5, 5.41) is 0. The first kappa shape index (κ1) is 15.7. The van der Waals surface area contributed by atoms with E-state index in [1.165, 1.54) is 0 Å². The fourth-order valence-electron chi connectivity index (χ4n) is 2.11. The number of benzene rings is 1. The summed E-state index contributed by atoms with van der Waals surface area (Å²) in [5.74, 6) is -0.259. The Hall–Kier alpha value is -1.35. The number of esters is 1. The minimum Gasteiger partial charge on any atom is -0.456 e. The lowest BCUT2D eigenvalue weighted by molar-refractivity contribution is 0.00250. The Labute approximate surface area is 115 Å². The maximum absolute atomic E-state index is 12.1. The Morgan fingerprint density at radius 2 is 1.84 bits per heavy atom. The molecule has 106 valence electrons. The summed E-state index contributed by atoms with van der Waals surface area (Å²) in [6, 6.07) is 5.76. The van der Waals surface area contributed by atoms with Crippen LogP contribution in [0.5, 0.6) is 0 Å². The highest BCUT2D eigenvalue weighted by Gasteiger charge is 2.16. The van der Waals surface area contributed by atoms with Crippen molar-refractivity contribution in [3.63, 3.8) is 0 Å². The molecule has 0 saturated heterocycles. The van der Waals surface area contributed by atoms with Gasteiger partial charge in [0, 0.05) is 7.11 Å². The predicted octanol–water partition coefficient (Wildman–Crippen LogP) is 3.67. The van der Waals surface area contributed by atoms with E-state index in [9.17, 15) is 4.79 Å². The summed E-state index contributed by atoms with van der Waals surface area (Å²) in [6.45, 7) is 6.53. The molecule has 0 N–H and O–H groups in total. The molecule has 1 aromatic rings. The Bertz CT molecular complexity index is 392. The van der Waals surface area contributed by atoms with E-state index < -0.39 is 0 Å². The highest BCUT2D eigenvalue weighted by molar-refractivity contribution is 5.90. The van der Waals surface area contributed by atoms with E-state index in [0.29, 0.717) is 12.2 Å². The first-order valence-corrected chi connectivity index (χ1v) is 6.85. The van der Waals surface area contributed by atoms with Crippen molar-refractivity contribution in [3.05, 3.63) is 34.9 Å². The lowest BCUT2D eigenvalue weighted by Gasteiger charge is -2.17. The van der Waals surface area contributed by atoms with E-state index in [-0.39, 0.29) is 12.1 Å². The predicted molar refractivity (Wildman–Crippen MR) is 76.5 cm³/mol. The van der Waals surface area contributed by atoms with Crippen molar-refractivity contribution < 1.29 is 14.3 Å². The van der Waals surface area contributed by atoms with Gasteiger partial charge in [0.15, 0.2) is 0 Å². The van der Waals surface area contributed by atoms with Crippen LogP contribution in [0, 0.1) is 13.8 Å². The Balaban J connectivity index is 2.69. The second kappa shape index (κ2) is 7.95. The third-order valence-corrected chi connectivity index (χ3v) is 2.96. The quantitative estimate of drug-likeness (QED) is 0.705. The molecule has 0 spiro atoms. The minimum atomic E-state index is -0.259. The number of aryl methyl sites for hydroxylation is 2. The number of carbonyl (C=O) groups excluding carboxylic acids is 1. The van der Waals surface area contributed by atoms with Crippen LogP contribution < -0.4 is 0 Å². The van der Waals surface area contributed by atoms with Crippen LogP contribution in [-0.4, -0.2) is 25.8 Å². The van der Waals surface area contributed by atoms with Crippen LogP contribution in [0.4, 0.5) is 0 Å². The molecule has 0 aliphatic rings. The average molecular weight is 264 g/mol. The van der Waals surface area contributed by atoms with Crippen LogP contribution in [0.15, 0.2) is 18.2 Å². The molecule has 19 heavy (non-hydrogen) atoms. The van der Waals surface area contributed by atoms with Gasteiger partial charge in [-0.15, -0.1) is 0 Å². The largest absolute Gasteiger partial charge is 0.456 e. The molecule has 0 saturated carbocycles. The van der Waals surface area contributed by atoms with Crippen molar-refractivity contribution in [2.24, 2.45) is 0 Å². The number of rotatable bonds is 7. The highest BCUT2D eigenvalue weighted by atomic mass is 16.6. The molecule has 0 aliphatic heterocycles. The van der Waals surface area contributed by atoms with Crippen LogP contribution in [0.2, 0.25) is 0 Å². The Morgan fingerprint density at radius 1 is 1.21 bits per heavy atom. The van der Waals surface area contributed by atoms with Gasteiger partial charge >= 0.3 is 5.97 Å². The Kier molecular flexibility index (Phi) is 6.57. The van der Waals surface area contributed by atoms with E-state index in [2.05, 4.69) is 6.92 Å². The van der Waals surface area contributed by atoms with Gasteiger partial charge in [0.1, 0.15) is 6.10 Å². The number of hydrogen-bond donors (Lipinski definition) is 0. The monoisotopic (exact) mass is 264 g/mol. The van der Waals surface area contributed by atoms with Gasteiger partial charge < -0.3 is 9.47 Å². The van der Waals surface area contributed by atoms with E-state index in [1.807, 2.05) is 32.0 Å². The smallest absolute Gasteiger partial charge is 0.338 e. The molecule has 3 heteroatoms. The van der Waals surface area contributed by atoms with Crippen molar-refractivity contribution in [1.82, 2.24) is 0 Å².